The molecule has 3 heterocycles. The van der Waals surface area contributed by atoms with Gasteiger partial charge in [0.05, 0.1) is 6.61 Å². The molecular weight excluding hydrogens is 374 g/mol. The second kappa shape index (κ2) is 9.42. The average Bonchev–Trinajstić information content (AvgIpc) is 2.77. The first kappa shape index (κ1) is 20.6. The first-order valence-electron chi connectivity index (χ1n) is 10.9. The maximum atomic E-state index is 12.4. The van der Waals surface area contributed by atoms with Gasteiger partial charge in [-0.3, -0.25) is 14.7 Å². The summed E-state index contributed by atoms with van der Waals surface area (Å²) < 4.78 is 0. The number of pyridine rings is 1. The summed E-state index contributed by atoms with van der Waals surface area (Å²) in [6, 6.07) is 12.6. The lowest BCUT2D eigenvalue weighted by molar-refractivity contribution is -0.136. The van der Waals surface area contributed by atoms with Crippen molar-refractivity contribution in [1.82, 2.24) is 14.8 Å². The first-order chi connectivity index (χ1) is 14.7. The molecule has 2 aliphatic heterocycles. The lowest BCUT2D eigenvalue weighted by atomic mass is 9.74. The molecule has 4 rings (SSSR count). The number of carbonyl (C=O) groups is 1. The van der Waals surface area contributed by atoms with Crippen LogP contribution in [-0.2, 0) is 4.79 Å². The third-order valence-corrected chi connectivity index (χ3v) is 6.33. The van der Waals surface area contributed by atoms with Gasteiger partial charge in [-0.2, -0.15) is 0 Å². The zero-order chi connectivity index (χ0) is 20.9. The van der Waals surface area contributed by atoms with Crippen molar-refractivity contribution in [3.63, 3.8) is 0 Å². The number of nitrogens with zero attached hydrogens (tertiary/aromatic N) is 3. The van der Waals surface area contributed by atoms with Crippen molar-refractivity contribution in [3.8, 4) is 11.8 Å². The van der Waals surface area contributed by atoms with Gasteiger partial charge in [0, 0.05) is 61.0 Å². The molecule has 1 amide bonds. The zero-order valence-electron chi connectivity index (χ0n) is 17.5. The number of aliphatic hydroxyl groups excluding tert-OH is 1. The summed E-state index contributed by atoms with van der Waals surface area (Å²) in [5.41, 5.74) is 3.07. The summed E-state index contributed by atoms with van der Waals surface area (Å²) >= 11 is 0. The second-order valence-corrected chi connectivity index (χ2v) is 8.10. The Balaban J connectivity index is 1.53. The van der Waals surface area contributed by atoms with Crippen LogP contribution in [0.25, 0.3) is 0 Å². The smallest absolute Gasteiger partial charge is 0.222 e. The van der Waals surface area contributed by atoms with Crippen molar-refractivity contribution < 1.29 is 9.90 Å². The van der Waals surface area contributed by atoms with E-state index >= 15 is 0 Å². The number of aromatic nitrogens is 1. The lowest BCUT2D eigenvalue weighted by Crippen LogP contribution is -2.67. The third-order valence-electron chi connectivity index (χ3n) is 6.33. The fraction of sp³-hybridized carbons (Fsp3) is 0.440. The molecule has 2 aromatic rings. The molecule has 0 radical (unpaired) electrons. The minimum Gasteiger partial charge on any atom is -0.395 e. The van der Waals surface area contributed by atoms with Gasteiger partial charge in [0.25, 0.3) is 0 Å². The van der Waals surface area contributed by atoms with E-state index in [2.05, 4.69) is 33.9 Å². The normalized spacial score (nSPS) is 23.9. The van der Waals surface area contributed by atoms with E-state index in [1.165, 1.54) is 5.56 Å². The highest BCUT2D eigenvalue weighted by atomic mass is 16.3. The Kier molecular flexibility index (Phi) is 6.47. The summed E-state index contributed by atoms with van der Waals surface area (Å²) in [7, 11) is 0. The van der Waals surface area contributed by atoms with E-state index in [0.717, 1.165) is 43.6 Å². The average molecular weight is 404 g/mol. The zero-order valence-corrected chi connectivity index (χ0v) is 17.5. The predicted molar refractivity (Wildman–Crippen MR) is 117 cm³/mol. The maximum Gasteiger partial charge on any atom is 0.222 e. The minimum atomic E-state index is 0.124. The molecule has 2 aliphatic rings. The van der Waals surface area contributed by atoms with E-state index in [0.29, 0.717) is 6.42 Å². The van der Waals surface area contributed by atoms with Crippen LogP contribution in [0.1, 0.15) is 48.8 Å². The Bertz CT molecular complexity index is 917. The molecule has 30 heavy (non-hydrogen) atoms. The highest BCUT2D eigenvalue weighted by Gasteiger charge is 2.49. The molecule has 5 nitrogen and oxygen atoms in total. The number of benzene rings is 1. The number of amides is 1. The molecule has 0 unspecified atom stereocenters. The van der Waals surface area contributed by atoms with E-state index in [-0.39, 0.29) is 30.5 Å². The predicted octanol–water partition coefficient (Wildman–Crippen LogP) is 2.64. The van der Waals surface area contributed by atoms with E-state index in [1.54, 1.807) is 12.4 Å². The lowest BCUT2D eigenvalue weighted by Gasteiger charge is -2.57. The van der Waals surface area contributed by atoms with Crippen LogP contribution in [0, 0.1) is 11.8 Å². The standard InChI is InChI=1S/C25H29N3O2/c1-2-24(30)27-14-3-4-15-28-22(17-27)25(23(28)18-29)21-11-9-19(10-12-21)7-8-20-6-5-13-26-16-20/h5-6,9-13,16,22-23,25,29H,2-4,14-15,17-18H2,1H3/t22-,23+,25-/m1/s1. The van der Waals surface area contributed by atoms with Crippen LogP contribution in [-0.4, -0.2) is 64.1 Å². The Hall–Kier alpha value is -2.68. The molecule has 2 fully saturated rings. The Morgan fingerprint density at radius 3 is 2.60 bits per heavy atom. The van der Waals surface area contributed by atoms with Crippen molar-refractivity contribution in [2.24, 2.45) is 0 Å². The van der Waals surface area contributed by atoms with Crippen molar-refractivity contribution >= 4 is 5.91 Å². The summed E-state index contributed by atoms with van der Waals surface area (Å²) in [6.45, 7) is 4.66. The molecule has 0 aliphatic carbocycles. The van der Waals surface area contributed by atoms with Gasteiger partial charge in [-0.05, 0) is 49.2 Å². The summed E-state index contributed by atoms with van der Waals surface area (Å²) in [5, 5.41) is 10.1. The highest BCUT2D eigenvalue weighted by Crippen LogP contribution is 2.42. The van der Waals surface area contributed by atoms with E-state index in [9.17, 15) is 9.90 Å². The SMILES string of the molecule is CCC(=O)N1CCCCN2[C@H](C1)[C@@H](c1ccc(C#Cc3cccnc3)cc1)[C@@H]2CO. The summed E-state index contributed by atoms with van der Waals surface area (Å²) in [5.74, 6) is 6.79. The van der Waals surface area contributed by atoms with E-state index in [4.69, 9.17) is 0 Å². The monoisotopic (exact) mass is 403 g/mol. The number of fused-ring (bicyclic) bond motifs is 1. The quantitative estimate of drug-likeness (QED) is 0.801. The Labute approximate surface area is 178 Å². The molecule has 3 atom stereocenters. The van der Waals surface area contributed by atoms with Gasteiger partial charge in [0.15, 0.2) is 0 Å². The fourth-order valence-electron chi connectivity index (χ4n) is 4.76. The summed E-state index contributed by atoms with van der Waals surface area (Å²) in [6.07, 6.45) is 6.14. The van der Waals surface area contributed by atoms with Gasteiger partial charge in [-0.25, -0.2) is 0 Å². The number of rotatable bonds is 3. The summed E-state index contributed by atoms with van der Waals surface area (Å²) in [4.78, 5) is 20.9. The molecule has 1 aromatic heterocycles. The maximum absolute atomic E-state index is 12.4. The van der Waals surface area contributed by atoms with Crippen LogP contribution in [0.3, 0.4) is 0 Å². The highest BCUT2D eigenvalue weighted by molar-refractivity contribution is 5.75. The molecule has 0 bridgehead atoms. The number of hydrogen-bond donors (Lipinski definition) is 1. The van der Waals surface area contributed by atoms with Crippen LogP contribution >= 0.6 is 0 Å². The first-order valence-corrected chi connectivity index (χ1v) is 10.9. The van der Waals surface area contributed by atoms with Crippen molar-refractivity contribution in [1.29, 1.82) is 0 Å². The van der Waals surface area contributed by atoms with Gasteiger partial charge in [-0.15, -0.1) is 0 Å². The molecule has 2 saturated heterocycles. The van der Waals surface area contributed by atoms with Gasteiger partial charge < -0.3 is 10.0 Å². The van der Waals surface area contributed by atoms with Crippen molar-refractivity contribution in [2.45, 2.75) is 44.2 Å². The van der Waals surface area contributed by atoms with Gasteiger partial charge in [0.2, 0.25) is 5.91 Å². The van der Waals surface area contributed by atoms with Crippen LogP contribution in [0.4, 0.5) is 0 Å². The largest absolute Gasteiger partial charge is 0.395 e. The minimum absolute atomic E-state index is 0.124. The Morgan fingerprint density at radius 1 is 1.13 bits per heavy atom. The van der Waals surface area contributed by atoms with Gasteiger partial charge in [-0.1, -0.05) is 30.9 Å². The molecule has 1 aromatic carbocycles. The van der Waals surface area contributed by atoms with Crippen LogP contribution in [0.5, 0.6) is 0 Å². The second-order valence-electron chi connectivity index (χ2n) is 8.10. The fourth-order valence-corrected chi connectivity index (χ4v) is 4.76. The van der Waals surface area contributed by atoms with Crippen molar-refractivity contribution in [2.75, 3.05) is 26.2 Å². The van der Waals surface area contributed by atoms with E-state index < -0.39 is 0 Å². The number of hydrogen-bond acceptors (Lipinski definition) is 4. The van der Waals surface area contributed by atoms with Crippen molar-refractivity contribution in [3.05, 3.63) is 65.5 Å². The van der Waals surface area contributed by atoms with Gasteiger partial charge >= 0.3 is 0 Å². The van der Waals surface area contributed by atoms with Crippen LogP contribution in [0.2, 0.25) is 0 Å². The van der Waals surface area contributed by atoms with Crippen LogP contribution < -0.4 is 0 Å². The molecule has 156 valence electrons. The molecule has 0 spiro atoms. The van der Waals surface area contributed by atoms with Gasteiger partial charge in [0.1, 0.15) is 0 Å². The van der Waals surface area contributed by atoms with E-state index in [1.807, 2.05) is 36.1 Å². The third kappa shape index (κ3) is 4.26. The number of aliphatic hydroxyl groups is 1. The Morgan fingerprint density at radius 2 is 1.90 bits per heavy atom. The topological polar surface area (TPSA) is 56.7 Å². The molecule has 1 N–H and O–H groups in total. The van der Waals surface area contributed by atoms with Crippen LogP contribution in [0.15, 0.2) is 48.8 Å². The molecule has 0 saturated carbocycles. The molecular formula is C25H29N3O2. The molecule has 5 heteroatoms. The number of carbonyl (C=O) groups excluding carboxylic acids is 1.